The van der Waals surface area contributed by atoms with Crippen LogP contribution in [-0.4, -0.2) is 45.8 Å². The number of aromatic nitrogens is 2. The number of piperidine rings is 1. The van der Waals surface area contributed by atoms with Gasteiger partial charge in [0.15, 0.2) is 6.73 Å². The summed E-state index contributed by atoms with van der Waals surface area (Å²) in [5.74, 6) is 1.21. The van der Waals surface area contributed by atoms with Crippen molar-refractivity contribution in [2.45, 2.75) is 70.3 Å². The average molecular weight is 383 g/mol. The van der Waals surface area contributed by atoms with E-state index in [1.54, 1.807) is 16.9 Å². The zero-order chi connectivity index (χ0) is 19.7. The molecule has 0 aliphatic carbocycles. The lowest BCUT2D eigenvalue weighted by atomic mass is 9.98. The van der Waals surface area contributed by atoms with Gasteiger partial charge in [-0.05, 0) is 62.4 Å². The number of amides is 1. The number of hydrogen-bond acceptors (Lipinski definition) is 4. The molecule has 6 heteroatoms. The van der Waals surface area contributed by atoms with Crippen LogP contribution in [0.5, 0.6) is 5.75 Å². The van der Waals surface area contributed by atoms with E-state index in [4.69, 9.17) is 4.74 Å². The molecule has 2 fully saturated rings. The number of hydrogen-bond donors (Lipinski definition) is 1. The molecule has 2 bridgehead atoms. The quantitative estimate of drug-likeness (QED) is 0.832. The van der Waals surface area contributed by atoms with Crippen LogP contribution >= 0.6 is 0 Å². The van der Waals surface area contributed by atoms with Crippen LogP contribution in [0.4, 0.5) is 0 Å². The molecule has 1 aromatic carbocycles. The third-order valence-electron chi connectivity index (χ3n) is 6.22. The molecule has 0 radical (unpaired) electrons. The van der Waals surface area contributed by atoms with Gasteiger partial charge in [0.2, 0.25) is 0 Å². The van der Waals surface area contributed by atoms with Gasteiger partial charge in [-0.1, -0.05) is 26.0 Å². The summed E-state index contributed by atoms with van der Waals surface area (Å²) in [6, 6.07) is 11.3. The van der Waals surface area contributed by atoms with Crippen molar-refractivity contribution in [3.63, 3.8) is 0 Å². The molecule has 1 amide bonds. The van der Waals surface area contributed by atoms with Gasteiger partial charge in [0.25, 0.3) is 5.91 Å². The fourth-order valence-corrected chi connectivity index (χ4v) is 4.43. The second-order valence-electron chi connectivity index (χ2n) is 8.43. The summed E-state index contributed by atoms with van der Waals surface area (Å²) in [6.07, 6.45) is 6.36. The number of ether oxygens (including phenoxy) is 1. The molecule has 150 valence electrons. The van der Waals surface area contributed by atoms with Crippen molar-refractivity contribution in [2.75, 3.05) is 7.05 Å². The molecule has 6 nitrogen and oxygen atoms in total. The number of benzene rings is 1. The molecule has 1 N–H and O–H groups in total. The third-order valence-corrected chi connectivity index (χ3v) is 6.22. The highest BCUT2D eigenvalue weighted by atomic mass is 16.5. The van der Waals surface area contributed by atoms with Crippen molar-refractivity contribution < 1.29 is 9.53 Å². The Kier molecular flexibility index (Phi) is 5.40. The maximum atomic E-state index is 12.6. The Balaban J connectivity index is 1.29. The fourth-order valence-electron chi connectivity index (χ4n) is 4.43. The summed E-state index contributed by atoms with van der Waals surface area (Å²) in [4.78, 5) is 15.1. The highest BCUT2D eigenvalue weighted by Crippen LogP contribution is 2.34. The number of carbonyl (C=O) groups is 1. The Bertz CT molecular complexity index is 800. The van der Waals surface area contributed by atoms with Crippen LogP contribution in [0, 0.1) is 0 Å². The number of carbonyl (C=O) groups excluding carboxylic acids is 1. The predicted octanol–water partition coefficient (Wildman–Crippen LogP) is 3.40. The Morgan fingerprint density at radius 3 is 2.50 bits per heavy atom. The van der Waals surface area contributed by atoms with Gasteiger partial charge < -0.3 is 15.0 Å². The minimum atomic E-state index is -0.0889. The SMILES string of the molecule is CC(C)c1ccc(OCn2ccc(C(=O)NC3C[C@H]4CC[C@@H](C3)N4C)n2)cc1. The predicted molar refractivity (Wildman–Crippen MR) is 108 cm³/mol. The molecule has 1 unspecified atom stereocenters. The van der Waals surface area contributed by atoms with E-state index in [2.05, 4.69) is 48.3 Å². The van der Waals surface area contributed by atoms with Crippen LogP contribution in [0.15, 0.2) is 36.5 Å². The first-order chi connectivity index (χ1) is 13.5. The number of nitrogens with zero attached hydrogens (tertiary/aromatic N) is 3. The summed E-state index contributed by atoms with van der Waals surface area (Å²) in [5, 5.41) is 7.55. The Morgan fingerprint density at radius 1 is 1.18 bits per heavy atom. The van der Waals surface area contributed by atoms with E-state index in [1.165, 1.54) is 18.4 Å². The van der Waals surface area contributed by atoms with Gasteiger partial charge in [-0.2, -0.15) is 5.10 Å². The number of nitrogens with one attached hydrogen (secondary N) is 1. The first kappa shape index (κ1) is 19.0. The summed E-state index contributed by atoms with van der Waals surface area (Å²) in [6.45, 7) is 4.62. The second-order valence-corrected chi connectivity index (χ2v) is 8.43. The second kappa shape index (κ2) is 7.95. The molecule has 3 atom stereocenters. The van der Waals surface area contributed by atoms with Crippen molar-refractivity contribution >= 4 is 5.91 Å². The van der Waals surface area contributed by atoms with Crippen LogP contribution in [0.1, 0.15) is 61.5 Å². The maximum absolute atomic E-state index is 12.6. The lowest BCUT2D eigenvalue weighted by Gasteiger charge is -2.36. The van der Waals surface area contributed by atoms with Gasteiger partial charge in [-0.15, -0.1) is 0 Å². The van der Waals surface area contributed by atoms with Crippen LogP contribution in [-0.2, 0) is 6.73 Å². The zero-order valence-corrected chi connectivity index (χ0v) is 17.0. The minimum Gasteiger partial charge on any atom is -0.471 e. The summed E-state index contributed by atoms with van der Waals surface area (Å²) >= 11 is 0. The first-order valence-electron chi connectivity index (χ1n) is 10.3. The van der Waals surface area contributed by atoms with E-state index in [1.807, 2.05) is 12.1 Å². The molecule has 3 heterocycles. The molecule has 2 aromatic rings. The van der Waals surface area contributed by atoms with Gasteiger partial charge in [0, 0.05) is 24.3 Å². The van der Waals surface area contributed by atoms with Crippen LogP contribution in [0.25, 0.3) is 0 Å². The Morgan fingerprint density at radius 2 is 1.86 bits per heavy atom. The summed E-state index contributed by atoms with van der Waals surface area (Å²) < 4.78 is 7.44. The zero-order valence-electron chi connectivity index (χ0n) is 17.0. The number of fused-ring (bicyclic) bond motifs is 2. The molecule has 0 spiro atoms. The molecule has 0 saturated carbocycles. The smallest absolute Gasteiger partial charge is 0.271 e. The van der Waals surface area contributed by atoms with Gasteiger partial charge in [-0.3, -0.25) is 4.79 Å². The van der Waals surface area contributed by atoms with Crippen molar-refractivity contribution in [2.24, 2.45) is 0 Å². The minimum absolute atomic E-state index is 0.0889. The standard InChI is InChI=1S/C22H30N4O2/c1-15(2)16-4-8-20(9-5-16)28-14-26-11-10-21(24-26)22(27)23-17-12-18-6-7-19(13-17)25(18)3/h4-5,8-11,15,17-19H,6-7,12-14H2,1-3H3,(H,23,27)/t17?,18-,19+. The fraction of sp³-hybridized carbons (Fsp3) is 0.545. The van der Waals surface area contributed by atoms with Crippen molar-refractivity contribution in [1.82, 2.24) is 20.0 Å². The highest BCUT2D eigenvalue weighted by Gasteiger charge is 2.38. The van der Waals surface area contributed by atoms with Crippen LogP contribution in [0.2, 0.25) is 0 Å². The van der Waals surface area contributed by atoms with E-state index < -0.39 is 0 Å². The van der Waals surface area contributed by atoms with Crippen molar-refractivity contribution in [3.05, 3.63) is 47.8 Å². The Labute approximate surface area is 166 Å². The largest absolute Gasteiger partial charge is 0.471 e. The molecule has 2 aliphatic heterocycles. The van der Waals surface area contributed by atoms with Gasteiger partial charge in [-0.25, -0.2) is 4.68 Å². The van der Waals surface area contributed by atoms with E-state index in [0.717, 1.165) is 18.6 Å². The summed E-state index contributed by atoms with van der Waals surface area (Å²) in [5.41, 5.74) is 1.73. The molecule has 28 heavy (non-hydrogen) atoms. The Hall–Kier alpha value is -2.34. The van der Waals surface area contributed by atoms with E-state index in [9.17, 15) is 4.79 Å². The molecular formula is C22H30N4O2. The van der Waals surface area contributed by atoms with E-state index in [-0.39, 0.29) is 18.7 Å². The number of rotatable bonds is 6. The normalized spacial score (nSPS) is 24.5. The van der Waals surface area contributed by atoms with Crippen molar-refractivity contribution in [3.8, 4) is 5.75 Å². The van der Waals surface area contributed by atoms with Gasteiger partial charge in [0.05, 0.1) is 0 Å². The lowest BCUT2D eigenvalue weighted by molar-refractivity contribution is 0.0875. The monoisotopic (exact) mass is 382 g/mol. The average Bonchev–Trinajstić information content (AvgIpc) is 3.22. The molecule has 2 aliphatic rings. The first-order valence-corrected chi connectivity index (χ1v) is 10.3. The molecule has 4 rings (SSSR count). The van der Waals surface area contributed by atoms with Gasteiger partial charge >= 0.3 is 0 Å². The van der Waals surface area contributed by atoms with Gasteiger partial charge in [0.1, 0.15) is 11.4 Å². The molecule has 1 aromatic heterocycles. The van der Waals surface area contributed by atoms with Crippen molar-refractivity contribution in [1.29, 1.82) is 0 Å². The van der Waals surface area contributed by atoms with E-state index >= 15 is 0 Å². The lowest BCUT2D eigenvalue weighted by Crippen LogP contribution is -2.48. The molecule has 2 saturated heterocycles. The summed E-state index contributed by atoms with van der Waals surface area (Å²) in [7, 11) is 2.21. The third kappa shape index (κ3) is 4.07. The van der Waals surface area contributed by atoms with E-state index in [0.29, 0.717) is 23.7 Å². The molecular weight excluding hydrogens is 352 g/mol. The topological polar surface area (TPSA) is 59.4 Å². The van der Waals surface area contributed by atoms with Crippen LogP contribution < -0.4 is 10.1 Å². The van der Waals surface area contributed by atoms with Crippen LogP contribution in [0.3, 0.4) is 0 Å². The maximum Gasteiger partial charge on any atom is 0.271 e. The highest BCUT2D eigenvalue weighted by molar-refractivity contribution is 5.92.